The minimum absolute atomic E-state index is 0.148. The lowest BCUT2D eigenvalue weighted by atomic mass is 10.1. The van der Waals surface area contributed by atoms with Crippen LogP contribution in [0.1, 0.15) is 21.6 Å². The molecule has 1 aromatic carbocycles. The summed E-state index contributed by atoms with van der Waals surface area (Å²) in [6, 6.07) is 7.40. The van der Waals surface area contributed by atoms with Crippen LogP contribution >= 0.6 is 11.6 Å². The molecular formula is C15H12ClN3O. The van der Waals surface area contributed by atoms with Crippen molar-refractivity contribution in [3.05, 3.63) is 58.8 Å². The van der Waals surface area contributed by atoms with E-state index in [0.29, 0.717) is 11.3 Å². The molecule has 4 nitrogen and oxygen atoms in total. The van der Waals surface area contributed by atoms with Gasteiger partial charge in [0.1, 0.15) is 17.2 Å². The number of fused-ring (bicyclic) bond motifs is 1. The summed E-state index contributed by atoms with van der Waals surface area (Å²) < 4.78 is 1.96. The zero-order valence-corrected chi connectivity index (χ0v) is 11.8. The van der Waals surface area contributed by atoms with E-state index in [0.717, 1.165) is 16.5 Å². The predicted molar refractivity (Wildman–Crippen MR) is 78.1 cm³/mol. The fourth-order valence-electron chi connectivity index (χ4n) is 2.45. The van der Waals surface area contributed by atoms with Crippen molar-refractivity contribution in [2.75, 3.05) is 0 Å². The number of rotatable bonds is 2. The topological polar surface area (TPSA) is 47.8 Å². The first kappa shape index (κ1) is 12.8. The Bertz CT molecular complexity index is 823. The summed E-state index contributed by atoms with van der Waals surface area (Å²) >= 11 is 5.82. The smallest absolute Gasteiger partial charge is 0.213 e. The summed E-state index contributed by atoms with van der Waals surface area (Å²) in [6.07, 6.45) is 3.13. The van der Waals surface area contributed by atoms with E-state index in [9.17, 15) is 4.79 Å². The average molecular weight is 286 g/mol. The number of nitrogens with zero attached hydrogens (tertiary/aromatic N) is 3. The summed E-state index contributed by atoms with van der Waals surface area (Å²) in [5.41, 5.74) is 3.11. The third-order valence-corrected chi connectivity index (χ3v) is 3.52. The van der Waals surface area contributed by atoms with E-state index >= 15 is 0 Å². The molecule has 3 rings (SSSR count). The Hall–Kier alpha value is -2.20. The van der Waals surface area contributed by atoms with Gasteiger partial charge in [0.2, 0.25) is 5.78 Å². The van der Waals surface area contributed by atoms with Gasteiger partial charge in [0.05, 0.1) is 5.52 Å². The highest BCUT2D eigenvalue weighted by Gasteiger charge is 2.18. The number of para-hydroxylation sites is 1. The van der Waals surface area contributed by atoms with Gasteiger partial charge in [0.25, 0.3) is 0 Å². The lowest BCUT2D eigenvalue weighted by Crippen LogP contribution is -2.03. The van der Waals surface area contributed by atoms with Crippen LogP contribution in [0.4, 0.5) is 0 Å². The van der Waals surface area contributed by atoms with Gasteiger partial charge in [-0.1, -0.05) is 29.8 Å². The Labute approximate surface area is 121 Å². The molecular weight excluding hydrogens is 274 g/mol. The van der Waals surface area contributed by atoms with E-state index in [1.165, 1.54) is 12.4 Å². The Morgan fingerprint density at radius 2 is 2.10 bits per heavy atom. The van der Waals surface area contributed by atoms with Crippen LogP contribution in [0.25, 0.3) is 10.9 Å². The quantitative estimate of drug-likeness (QED) is 0.537. The van der Waals surface area contributed by atoms with Gasteiger partial charge in [-0.2, -0.15) is 0 Å². The monoisotopic (exact) mass is 285 g/mol. The van der Waals surface area contributed by atoms with E-state index in [2.05, 4.69) is 9.97 Å². The van der Waals surface area contributed by atoms with Crippen molar-refractivity contribution in [2.24, 2.45) is 7.05 Å². The molecule has 3 aromatic rings. The molecule has 0 aliphatic rings. The highest BCUT2D eigenvalue weighted by atomic mass is 35.5. The van der Waals surface area contributed by atoms with Crippen LogP contribution in [-0.4, -0.2) is 20.3 Å². The van der Waals surface area contributed by atoms with Crippen molar-refractivity contribution in [1.82, 2.24) is 14.5 Å². The molecule has 0 saturated carbocycles. The number of hydrogen-bond donors (Lipinski definition) is 0. The van der Waals surface area contributed by atoms with E-state index in [4.69, 9.17) is 11.6 Å². The highest BCUT2D eigenvalue weighted by Crippen LogP contribution is 2.25. The van der Waals surface area contributed by atoms with Crippen LogP contribution in [0.2, 0.25) is 5.15 Å². The first-order valence-electron chi connectivity index (χ1n) is 6.15. The molecule has 0 aliphatic carbocycles. The third-order valence-electron chi connectivity index (χ3n) is 3.31. The molecule has 0 bridgehead atoms. The second kappa shape index (κ2) is 4.72. The number of benzene rings is 1. The first-order chi connectivity index (χ1) is 9.58. The number of carbonyl (C=O) groups excluding carboxylic acids is 1. The first-order valence-corrected chi connectivity index (χ1v) is 6.52. The Morgan fingerprint density at radius 3 is 2.85 bits per heavy atom. The van der Waals surface area contributed by atoms with Crippen molar-refractivity contribution in [3.63, 3.8) is 0 Å². The largest absolute Gasteiger partial charge is 0.350 e. The third kappa shape index (κ3) is 1.98. The Balaban J connectivity index is 2.20. The van der Waals surface area contributed by atoms with Crippen molar-refractivity contribution >= 4 is 28.3 Å². The number of hydrogen-bond acceptors (Lipinski definition) is 3. The average Bonchev–Trinajstić information content (AvgIpc) is 2.77. The van der Waals surface area contributed by atoms with Gasteiger partial charge in [-0.3, -0.25) is 4.79 Å². The summed E-state index contributed by atoms with van der Waals surface area (Å²) in [5.74, 6) is -0.148. The molecule has 20 heavy (non-hydrogen) atoms. The highest BCUT2D eigenvalue weighted by molar-refractivity contribution is 6.30. The van der Waals surface area contributed by atoms with Gasteiger partial charge >= 0.3 is 0 Å². The maximum Gasteiger partial charge on any atom is 0.213 e. The molecule has 2 heterocycles. The fraction of sp³-hybridized carbons (Fsp3) is 0.133. The number of halogens is 1. The summed E-state index contributed by atoms with van der Waals surface area (Å²) in [6.45, 7) is 2.03. The van der Waals surface area contributed by atoms with Crippen molar-refractivity contribution < 1.29 is 4.79 Å². The van der Waals surface area contributed by atoms with Crippen LogP contribution in [0.15, 0.2) is 36.8 Å². The van der Waals surface area contributed by atoms with Crippen molar-refractivity contribution in [1.29, 1.82) is 0 Å². The number of aryl methyl sites for hydroxylation is 2. The van der Waals surface area contributed by atoms with Gasteiger partial charge in [-0.05, 0) is 12.5 Å². The molecule has 0 atom stereocenters. The maximum atomic E-state index is 12.6. The molecule has 0 fully saturated rings. The standard InChI is InChI=1S/C15H12ClN3O/c1-9-4-3-5-10-11(7-19(2)14(9)10)15(20)12-6-13(16)18-8-17-12/h3-8H,1-2H3. The van der Waals surface area contributed by atoms with E-state index in [1.807, 2.05) is 42.9 Å². The van der Waals surface area contributed by atoms with Gasteiger partial charge in [0, 0.05) is 30.3 Å². The Morgan fingerprint density at radius 1 is 1.30 bits per heavy atom. The number of ketones is 1. The minimum atomic E-state index is -0.148. The molecule has 0 saturated heterocycles. The predicted octanol–water partition coefficient (Wildman–Crippen LogP) is 3.16. The van der Waals surface area contributed by atoms with Gasteiger partial charge in [-0.25, -0.2) is 9.97 Å². The van der Waals surface area contributed by atoms with Crippen LogP contribution in [0.3, 0.4) is 0 Å². The van der Waals surface area contributed by atoms with E-state index < -0.39 is 0 Å². The minimum Gasteiger partial charge on any atom is -0.350 e. The molecule has 100 valence electrons. The lowest BCUT2D eigenvalue weighted by molar-refractivity contribution is 0.103. The second-order valence-corrected chi connectivity index (χ2v) is 5.07. The molecule has 0 aliphatic heterocycles. The zero-order chi connectivity index (χ0) is 14.3. The van der Waals surface area contributed by atoms with Crippen LogP contribution < -0.4 is 0 Å². The molecule has 0 N–H and O–H groups in total. The van der Waals surface area contributed by atoms with E-state index in [1.54, 1.807) is 0 Å². The van der Waals surface area contributed by atoms with Gasteiger partial charge < -0.3 is 4.57 Å². The molecule has 0 spiro atoms. The lowest BCUT2D eigenvalue weighted by Gasteiger charge is -2.00. The molecule has 0 unspecified atom stereocenters. The van der Waals surface area contributed by atoms with Gasteiger partial charge in [0.15, 0.2) is 0 Å². The van der Waals surface area contributed by atoms with Crippen molar-refractivity contribution in [2.45, 2.75) is 6.92 Å². The zero-order valence-electron chi connectivity index (χ0n) is 11.1. The van der Waals surface area contributed by atoms with Crippen LogP contribution in [0.5, 0.6) is 0 Å². The molecule has 0 radical (unpaired) electrons. The summed E-state index contributed by atoms with van der Waals surface area (Å²) in [5, 5.41) is 1.19. The van der Waals surface area contributed by atoms with Crippen LogP contribution in [-0.2, 0) is 7.05 Å². The van der Waals surface area contributed by atoms with Gasteiger partial charge in [-0.15, -0.1) is 0 Å². The second-order valence-electron chi connectivity index (χ2n) is 4.68. The molecule has 5 heteroatoms. The number of aromatic nitrogens is 3. The summed E-state index contributed by atoms with van der Waals surface area (Å²) in [4.78, 5) is 20.4. The van der Waals surface area contributed by atoms with Crippen molar-refractivity contribution in [3.8, 4) is 0 Å². The number of carbonyl (C=O) groups is 1. The normalized spacial score (nSPS) is 10.9. The molecule has 2 aromatic heterocycles. The van der Waals surface area contributed by atoms with E-state index in [-0.39, 0.29) is 10.9 Å². The fourth-order valence-corrected chi connectivity index (χ4v) is 2.60. The van der Waals surface area contributed by atoms with Crippen LogP contribution in [0, 0.1) is 6.92 Å². The SMILES string of the molecule is Cc1cccc2c(C(=O)c3cc(Cl)ncn3)cn(C)c12. The summed E-state index contributed by atoms with van der Waals surface area (Å²) in [7, 11) is 1.93. The Kier molecular flexibility index (Phi) is 3.03. The maximum absolute atomic E-state index is 12.6. The molecule has 0 amide bonds.